The van der Waals surface area contributed by atoms with E-state index in [1.165, 1.54) is 4.90 Å². The molecule has 1 heterocycles. The van der Waals surface area contributed by atoms with Gasteiger partial charge in [0.15, 0.2) is 0 Å². The van der Waals surface area contributed by atoms with E-state index in [1.807, 2.05) is 26.0 Å². The zero-order valence-corrected chi connectivity index (χ0v) is 10.7. The second kappa shape index (κ2) is 4.33. The van der Waals surface area contributed by atoms with E-state index in [1.54, 1.807) is 7.05 Å². The Bertz CT molecular complexity index is 525. The van der Waals surface area contributed by atoms with Crippen LogP contribution in [0.5, 0.6) is 0 Å². The lowest BCUT2D eigenvalue weighted by molar-refractivity contribution is -0.138. The highest BCUT2D eigenvalue weighted by Crippen LogP contribution is 2.33. The summed E-state index contributed by atoms with van der Waals surface area (Å²) in [4.78, 5) is 24.3. The van der Waals surface area contributed by atoms with Crippen LogP contribution in [0.25, 0.3) is 0 Å². The van der Waals surface area contributed by atoms with Gasteiger partial charge in [0.1, 0.15) is 6.04 Å². The fourth-order valence-corrected chi connectivity index (χ4v) is 2.11. The molecule has 0 saturated carbocycles. The Morgan fingerprint density at radius 1 is 1.39 bits per heavy atom. The van der Waals surface area contributed by atoms with Crippen molar-refractivity contribution >= 4 is 23.3 Å². The molecule has 0 saturated heterocycles. The van der Waals surface area contributed by atoms with Crippen LogP contribution in [0.3, 0.4) is 0 Å². The zero-order chi connectivity index (χ0) is 13.4. The first-order valence-corrected chi connectivity index (χ1v) is 5.77. The number of carbonyl (C=O) groups is 2. The van der Waals surface area contributed by atoms with Crippen LogP contribution in [-0.2, 0) is 9.59 Å². The third-order valence-electron chi connectivity index (χ3n) is 3.31. The first kappa shape index (κ1) is 12.4. The van der Waals surface area contributed by atoms with Gasteiger partial charge < -0.3 is 15.3 Å². The van der Waals surface area contributed by atoms with Crippen molar-refractivity contribution in [2.24, 2.45) is 0 Å². The Hall–Kier alpha value is -2.04. The number of benzene rings is 1. The largest absolute Gasteiger partial charge is 0.481 e. The predicted octanol–water partition coefficient (Wildman–Crippen LogP) is 1.54. The number of rotatable bonds is 2. The number of likely N-dealkylation sites (N-methyl/N-ethyl adjacent to an activating group) is 1. The molecule has 0 aliphatic carbocycles. The van der Waals surface area contributed by atoms with Crippen molar-refractivity contribution in [1.82, 2.24) is 0 Å². The molecule has 0 fully saturated rings. The predicted molar refractivity (Wildman–Crippen MR) is 69.0 cm³/mol. The molecule has 5 nitrogen and oxygen atoms in total. The van der Waals surface area contributed by atoms with Gasteiger partial charge in [0.2, 0.25) is 5.91 Å². The van der Waals surface area contributed by atoms with Gasteiger partial charge in [-0.1, -0.05) is 0 Å². The van der Waals surface area contributed by atoms with Gasteiger partial charge in [-0.25, -0.2) is 0 Å². The fourth-order valence-electron chi connectivity index (χ4n) is 2.11. The number of nitrogens with zero attached hydrogens (tertiary/aromatic N) is 1. The molecule has 18 heavy (non-hydrogen) atoms. The summed E-state index contributed by atoms with van der Waals surface area (Å²) in [7, 11) is 1.67. The Morgan fingerprint density at radius 3 is 2.61 bits per heavy atom. The number of carbonyl (C=O) groups excluding carboxylic acids is 1. The second-order valence-corrected chi connectivity index (χ2v) is 4.65. The van der Waals surface area contributed by atoms with Crippen molar-refractivity contribution in [1.29, 1.82) is 0 Å². The Balaban J connectivity index is 2.41. The van der Waals surface area contributed by atoms with Gasteiger partial charge >= 0.3 is 5.97 Å². The molecule has 1 aromatic rings. The molecule has 0 spiro atoms. The topological polar surface area (TPSA) is 69.6 Å². The van der Waals surface area contributed by atoms with E-state index >= 15 is 0 Å². The average Bonchev–Trinajstić information content (AvgIpc) is 2.28. The fraction of sp³-hybridized carbons (Fsp3) is 0.385. The summed E-state index contributed by atoms with van der Waals surface area (Å²) in [5.74, 6) is -1.20. The number of carboxylic acids is 1. The first-order chi connectivity index (χ1) is 8.40. The van der Waals surface area contributed by atoms with E-state index in [9.17, 15) is 9.59 Å². The Labute approximate surface area is 105 Å². The average molecular weight is 248 g/mol. The van der Waals surface area contributed by atoms with Crippen molar-refractivity contribution in [3.63, 3.8) is 0 Å². The first-order valence-electron chi connectivity index (χ1n) is 5.77. The second-order valence-electron chi connectivity index (χ2n) is 4.65. The minimum atomic E-state index is -0.985. The molecule has 1 aliphatic heterocycles. The molecule has 1 amide bonds. The zero-order valence-electron chi connectivity index (χ0n) is 10.7. The van der Waals surface area contributed by atoms with Crippen molar-refractivity contribution in [2.45, 2.75) is 26.3 Å². The SMILES string of the molecule is Cc1cc2c(cc1C)N(C)C(=O)C(CC(=O)O)N2. The molecule has 1 atom stereocenters. The standard InChI is InChI=1S/C13H16N2O3/c1-7-4-9-11(5-8(7)2)15(3)13(18)10(14-9)6-12(16)17/h4-5,10,14H,6H2,1-3H3,(H,16,17). The summed E-state index contributed by atoms with van der Waals surface area (Å²) in [5.41, 5.74) is 3.82. The maximum Gasteiger partial charge on any atom is 0.305 e. The van der Waals surface area contributed by atoms with Crippen LogP contribution < -0.4 is 10.2 Å². The number of aryl methyl sites for hydroxylation is 2. The van der Waals surface area contributed by atoms with E-state index in [4.69, 9.17) is 5.11 Å². The van der Waals surface area contributed by atoms with E-state index in [-0.39, 0.29) is 12.3 Å². The van der Waals surface area contributed by atoms with Gasteiger partial charge in [0.05, 0.1) is 17.8 Å². The molecule has 0 radical (unpaired) electrons. The van der Waals surface area contributed by atoms with Gasteiger partial charge in [0.25, 0.3) is 0 Å². The molecule has 0 aromatic heterocycles. The van der Waals surface area contributed by atoms with Crippen LogP contribution in [0.15, 0.2) is 12.1 Å². The number of carboxylic acid groups (broad SMARTS) is 1. The molecule has 1 aromatic carbocycles. The lowest BCUT2D eigenvalue weighted by atomic mass is 10.0. The van der Waals surface area contributed by atoms with E-state index in [0.29, 0.717) is 0 Å². The summed E-state index contributed by atoms with van der Waals surface area (Å²) < 4.78 is 0. The number of amides is 1. The van der Waals surface area contributed by atoms with Crippen molar-refractivity contribution in [3.8, 4) is 0 Å². The van der Waals surface area contributed by atoms with Crippen LogP contribution >= 0.6 is 0 Å². The minimum absolute atomic E-state index is 0.213. The van der Waals surface area contributed by atoms with Crippen LogP contribution in [0.1, 0.15) is 17.5 Å². The van der Waals surface area contributed by atoms with Gasteiger partial charge in [-0.2, -0.15) is 0 Å². The van der Waals surface area contributed by atoms with Crippen molar-refractivity contribution in [2.75, 3.05) is 17.3 Å². The van der Waals surface area contributed by atoms with Crippen molar-refractivity contribution < 1.29 is 14.7 Å². The molecule has 2 rings (SSSR count). The lowest BCUT2D eigenvalue weighted by Crippen LogP contribution is -2.46. The third-order valence-corrected chi connectivity index (χ3v) is 3.31. The number of anilines is 2. The monoisotopic (exact) mass is 248 g/mol. The van der Waals surface area contributed by atoms with Gasteiger partial charge in [-0.15, -0.1) is 0 Å². The van der Waals surface area contributed by atoms with E-state index < -0.39 is 12.0 Å². The number of nitrogens with one attached hydrogen (secondary N) is 1. The smallest absolute Gasteiger partial charge is 0.305 e. The number of fused-ring (bicyclic) bond motifs is 1. The minimum Gasteiger partial charge on any atom is -0.481 e. The van der Waals surface area contributed by atoms with Gasteiger partial charge in [0, 0.05) is 7.05 Å². The molecule has 96 valence electrons. The highest BCUT2D eigenvalue weighted by atomic mass is 16.4. The van der Waals surface area contributed by atoms with Gasteiger partial charge in [-0.3, -0.25) is 9.59 Å². The quantitative estimate of drug-likeness (QED) is 0.832. The normalized spacial score (nSPS) is 18.3. The molecule has 1 aliphatic rings. The van der Waals surface area contributed by atoms with Gasteiger partial charge in [-0.05, 0) is 37.1 Å². The number of aliphatic carboxylic acids is 1. The van der Waals surface area contributed by atoms with E-state index in [0.717, 1.165) is 22.5 Å². The van der Waals surface area contributed by atoms with Crippen LogP contribution in [0.2, 0.25) is 0 Å². The molecular formula is C13H16N2O3. The summed E-state index contributed by atoms with van der Waals surface area (Å²) in [6, 6.07) is 3.19. The summed E-state index contributed by atoms with van der Waals surface area (Å²) >= 11 is 0. The summed E-state index contributed by atoms with van der Waals surface area (Å²) in [5, 5.41) is 11.8. The van der Waals surface area contributed by atoms with Crippen LogP contribution in [0.4, 0.5) is 11.4 Å². The molecule has 2 N–H and O–H groups in total. The Morgan fingerprint density at radius 2 is 2.00 bits per heavy atom. The lowest BCUT2D eigenvalue weighted by Gasteiger charge is -2.33. The van der Waals surface area contributed by atoms with Crippen LogP contribution in [-0.4, -0.2) is 30.1 Å². The number of hydrogen-bond acceptors (Lipinski definition) is 3. The third kappa shape index (κ3) is 2.03. The Kier molecular flexibility index (Phi) is 2.98. The highest BCUT2D eigenvalue weighted by molar-refractivity contribution is 6.06. The summed E-state index contributed by atoms with van der Waals surface area (Å²) in [6.07, 6.45) is -0.213. The number of hydrogen-bond donors (Lipinski definition) is 2. The molecule has 5 heteroatoms. The summed E-state index contributed by atoms with van der Waals surface area (Å²) in [6.45, 7) is 3.97. The molecule has 0 bridgehead atoms. The highest BCUT2D eigenvalue weighted by Gasteiger charge is 2.31. The maximum absolute atomic E-state index is 12.0. The van der Waals surface area contributed by atoms with Crippen molar-refractivity contribution in [3.05, 3.63) is 23.3 Å². The maximum atomic E-state index is 12.0. The van der Waals surface area contributed by atoms with E-state index in [2.05, 4.69) is 5.32 Å². The molecular weight excluding hydrogens is 232 g/mol. The van der Waals surface area contributed by atoms with Crippen LogP contribution in [0, 0.1) is 13.8 Å². The molecule has 1 unspecified atom stereocenters.